The highest BCUT2D eigenvalue weighted by Crippen LogP contribution is 2.30. The standard InChI is InChI=1S/C15H21NO3/c1-10(12-4-6-14(19-3)7-5-12)16-9-13(11(2)17)8-15(16)18/h4-7,10-11,13,17H,8-9H2,1-3H3/t10-,11-,13+/m0/s1. The van der Waals surface area contributed by atoms with Gasteiger partial charge in [0.2, 0.25) is 5.91 Å². The van der Waals surface area contributed by atoms with Gasteiger partial charge in [0, 0.05) is 18.9 Å². The topological polar surface area (TPSA) is 49.8 Å². The first-order chi connectivity index (χ1) is 9.02. The maximum absolute atomic E-state index is 12.0. The van der Waals surface area contributed by atoms with E-state index in [1.165, 1.54) is 0 Å². The summed E-state index contributed by atoms with van der Waals surface area (Å²) in [6, 6.07) is 7.79. The molecule has 0 unspecified atom stereocenters. The maximum Gasteiger partial charge on any atom is 0.223 e. The fourth-order valence-corrected chi connectivity index (χ4v) is 2.52. The summed E-state index contributed by atoms with van der Waals surface area (Å²) >= 11 is 0. The average Bonchev–Trinajstić information content (AvgIpc) is 2.80. The van der Waals surface area contributed by atoms with Crippen LogP contribution in [0.1, 0.15) is 31.9 Å². The Morgan fingerprint density at radius 2 is 1.95 bits per heavy atom. The third kappa shape index (κ3) is 2.89. The van der Waals surface area contributed by atoms with E-state index < -0.39 is 6.10 Å². The van der Waals surface area contributed by atoms with Gasteiger partial charge in [-0.05, 0) is 31.5 Å². The van der Waals surface area contributed by atoms with E-state index in [2.05, 4.69) is 0 Å². The van der Waals surface area contributed by atoms with E-state index >= 15 is 0 Å². The van der Waals surface area contributed by atoms with Crippen LogP contribution in [0.3, 0.4) is 0 Å². The molecule has 1 aliphatic heterocycles. The first-order valence-corrected chi connectivity index (χ1v) is 6.64. The van der Waals surface area contributed by atoms with Crippen molar-refractivity contribution in [3.8, 4) is 5.75 Å². The van der Waals surface area contributed by atoms with Crippen molar-refractivity contribution in [2.24, 2.45) is 5.92 Å². The molecule has 1 heterocycles. The van der Waals surface area contributed by atoms with Gasteiger partial charge < -0.3 is 14.7 Å². The Labute approximate surface area is 114 Å². The minimum atomic E-state index is -0.433. The average molecular weight is 263 g/mol. The summed E-state index contributed by atoms with van der Waals surface area (Å²) in [6.45, 7) is 4.40. The van der Waals surface area contributed by atoms with Gasteiger partial charge in [-0.25, -0.2) is 0 Å². The largest absolute Gasteiger partial charge is 0.497 e. The van der Waals surface area contributed by atoms with Gasteiger partial charge in [0.25, 0.3) is 0 Å². The number of benzene rings is 1. The Morgan fingerprint density at radius 1 is 1.32 bits per heavy atom. The van der Waals surface area contributed by atoms with E-state index in [1.54, 1.807) is 14.0 Å². The van der Waals surface area contributed by atoms with Crippen molar-refractivity contribution in [2.45, 2.75) is 32.4 Å². The zero-order valence-electron chi connectivity index (χ0n) is 11.7. The molecule has 1 fully saturated rings. The number of aliphatic hydroxyl groups is 1. The van der Waals surface area contributed by atoms with Crippen LogP contribution >= 0.6 is 0 Å². The summed E-state index contributed by atoms with van der Waals surface area (Å²) in [5.41, 5.74) is 1.08. The summed E-state index contributed by atoms with van der Waals surface area (Å²) in [7, 11) is 1.63. The molecule has 1 aromatic carbocycles. The number of aliphatic hydroxyl groups excluding tert-OH is 1. The maximum atomic E-state index is 12.0. The van der Waals surface area contributed by atoms with Crippen molar-refractivity contribution in [3.63, 3.8) is 0 Å². The van der Waals surface area contributed by atoms with Crippen LogP contribution < -0.4 is 4.74 Å². The van der Waals surface area contributed by atoms with Crippen LogP contribution in [0, 0.1) is 5.92 Å². The number of ether oxygens (including phenoxy) is 1. The number of carbonyl (C=O) groups is 1. The molecule has 0 bridgehead atoms. The second-order valence-corrected chi connectivity index (χ2v) is 5.20. The first-order valence-electron chi connectivity index (χ1n) is 6.64. The Hall–Kier alpha value is -1.55. The van der Waals surface area contributed by atoms with Crippen molar-refractivity contribution < 1.29 is 14.6 Å². The van der Waals surface area contributed by atoms with Crippen LogP contribution in [0.2, 0.25) is 0 Å². The molecule has 4 nitrogen and oxygen atoms in total. The third-order valence-corrected chi connectivity index (χ3v) is 3.94. The molecule has 19 heavy (non-hydrogen) atoms. The quantitative estimate of drug-likeness (QED) is 0.903. The van der Waals surface area contributed by atoms with Gasteiger partial charge >= 0.3 is 0 Å². The lowest BCUT2D eigenvalue weighted by atomic mass is 10.0. The summed E-state index contributed by atoms with van der Waals surface area (Å²) in [5, 5.41) is 9.61. The minimum Gasteiger partial charge on any atom is -0.497 e. The number of amides is 1. The molecule has 0 aromatic heterocycles. The molecule has 2 rings (SSSR count). The van der Waals surface area contributed by atoms with Gasteiger partial charge in [-0.15, -0.1) is 0 Å². The molecule has 1 N–H and O–H groups in total. The number of rotatable bonds is 4. The van der Waals surface area contributed by atoms with Crippen molar-refractivity contribution in [1.29, 1.82) is 0 Å². The van der Waals surface area contributed by atoms with E-state index in [0.29, 0.717) is 13.0 Å². The number of nitrogens with zero attached hydrogens (tertiary/aromatic N) is 1. The molecule has 1 saturated heterocycles. The predicted molar refractivity (Wildman–Crippen MR) is 72.9 cm³/mol. The summed E-state index contributed by atoms with van der Waals surface area (Å²) in [4.78, 5) is 13.9. The van der Waals surface area contributed by atoms with Crippen LogP contribution in [0.4, 0.5) is 0 Å². The second kappa shape index (κ2) is 5.61. The monoisotopic (exact) mass is 263 g/mol. The zero-order chi connectivity index (χ0) is 14.0. The van der Waals surface area contributed by atoms with Gasteiger partial charge in [0.1, 0.15) is 5.75 Å². The van der Waals surface area contributed by atoms with Gasteiger partial charge in [0.15, 0.2) is 0 Å². The lowest BCUT2D eigenvalue weighted by Gasteiger charge is -2.25. The van der Waals surface area contributed by atoms with E-state index in [0.717, 1.165) is 11.3 Å². The Morgan fingerprint density at radius 3 is 2.42 bits per heavy atom. The summed E-state index contributed by atoms with van der Waals surface area (Å²) in [6.07, 6.45) is 0.00930. The van der Waals surface area contributed by atoms with Gasteiger partial charge in [0.05, 0.1) is 19.3 Å². The number of methoxy groups -OCH3 is 1. The number of carbonyl (C=O) groups excluding carboxylic acids is 1. The molecule has 3 atom stereocenters. The smallest absolute Gasteiger partial charge is 0.223 e. The van der Waals surface area contributed by atoms with Gasteiger partial charge in [-0.1, -0.05) is 12.1 Å². The summed E-state index contributed by atoms with van der Waals surface area (Å²) in [5.74, 6) is 0.980. The molecule has 0 saturated carbocycles. The number of likely N-dealkylation sites (tertiary alicyclic amines) is 1. The fraction of sp³-hybridized carbons (Fsp3) is 0.533. The zero-order valence-corrected chi connectivity index (χ0v) is 11.7. The molecule has 1 aromatic rings. The van der Waals surface area contributed by atoms with Gasteiger partial charge in [-0.2, -0.15) is 0 Å². The van der Waals surface area contributed by atoms with Crippen molar-refractivity contribution in [2.75, 3.05) is 13.7 Å². The molecule has 0 aliphatic carbocycles. The molecule has 0 spiro atoms. The van der Waals surface area contributed by atoms with Crippen LogP contribution in [0.25, 0.3) is 0 Å². The molecule has 104 valence electrons. The van der Waals surface area contributed by atoms with Crippen LogP contribution in [-0.4, -0.2) is 35.7 Å². The highest BCUT2D eigenvalue weighted by molar-refractivity contribution is 5.79. The predicted octanol–water partition coefficient (Wildman–Crippen LogP) is 1.99. The van der Waals surface area contributed by atoms with Crippen LogP contribution in [0.15, 0.2) is 24.3 Å². The number of hydrogen-bond donors (Lipinski definition) is 1. The SMILES string of the molecule is COc1ccc([C@H](C)N2C[C@H]([C@H](C)O)CC2=O)cc1. The Balaban J connectivity index is 2.10. The minimum absolute atomic E-state index is 0.0298. The highest BCUT2D eigenvalue weighted by Gasteiger charge is 2.35. The van der Waals surface area contributed by atoms with Crippen LogP contribution in [0.5, 0.6) is 5.75 Å². The van der Waals surface area contributed by atoms with E-state index in [4.69, 9.17) is 4.74 Å². The molecular weight excluding hydrogens is 242 g/mol. The lowest BCUT2D eigenvalue weighted by Crippen LogP contribution is -2.29. The van der Waals surface area contributed by atoms with Crippen molar-refractivity contribution >= 4 is 5.91 Å². The van der Waals surface area contributed by atoms with E-state index in [1.807, 2.05) is 36.1 Å². The first kappa shape index (κ1) is 13.9. The molecule has 0 radical (unpaired) electrons. The Bertz CT molecular complexity index is 441. The molecule has 4 heteroatoms. The fourth-order valence-electron chi connectivity index (χ4n) is 2.52. The molecule has 1 amide bonds. The highest BCUT2D eigenvalue weighted by atomic mass is 16.5. The lowest BCUT2D eigenvalue weighted by molar-refractivity contribution is -0.129. The van der Waals surface area contributed by atoms with Crippen LogP contribution in [-0.2, 0) is 4.79 Å². The second-order valence-electron chi connectivity index (χ2n) is 5.20. The number of hydrogen-bond acceptors (Lipinski definition) is 3. The molecule has 1 aliphatic rings. The van der Waals surface area contributed by atoms with Crippen molar-refractivity contribution in [1.82, 2.24) is 4.90 Å². The normalized spacial score (nSPS) is 22.4. The van der Waals surface area contributed by atoms with Crippen molar-refractivity contribution in [3.05, 3.63) is 29.8 Å². The molecular formula is C15H21NO3. The van der Waals surface area contributed by atoms with Gasteiger partial charge in [-0.3, -0.25) is 4.79 Å². The van der Waals surface area contributed by atoms with E-state index in [-0.39, 0.29) is 17.9 Å². The van der Waals surface area contributed by atoms with E-state index in [9.17, 15) is 9.90 Å². The Kier molecular flexibility index (Phi) is 4.10. The summed E-state index contributed by atoms with van der Waals surface area (Å²) < 4.78 is 5.13. The third-order valence-electron chi connectivity index (χ3n) is 3.94.